The van der Waals surface area contributed by atoms with Gasteiger partial charge in [-0.3, -0.25) is 10.2 Å². The van der Waals surface area contributed by atoms with E-state index in [9.17, 15) is 13.2 Å². The lowest BCUT2D eigenvalue weighted by atomic mass is 10.2. The summed E-state index contributed by atoms with van der Waals surface area (Å²) in [4.78, 5) is 14.4. The van der Waals surface area contributed by atoms with E-state index >= 15 is 0 Å². The molecule has 0 fully saturated rings. The third kappa shape index (κ3) is 3.26. The lowest BCUT2D eigenvalue weighted by Gasteiger charge is -2.09. The van der Waals surface area contributed by atoms with Crippen LogP contribution < -0.4 is 10.3 Å². The van der Waals surface area contributed by atoms with Crippen LogP contribution in [0.2, 0.25) is 10.0 Å². The molecule has 0 aliphatic heterocycles. The Morgan fingerprint density at radius 2 is 1.67 bits per heavy atom. The lowest BCUT2D eigenvalue weighted by Crippen LogP contribution is -2.41. The van der Waals surface area contributed by atoms with Gasteiger partial charge in [-0.2, -0.15) is 0 Å². The normalized spacial score (nSPS) is 11.6. The summed E-state index contributed by atoms with van der Waals surface area (Å²) in [6, 6.07) is 13.2. The van der Waals surface area contributed by atoms with E-state index in [1.54, 1.807) is 12.1 Å². The standard InChI is InChI=1S/C15H10Cl2N2O3S2/c16-10-6-2-4-8-12(10)24(21,22)19-18-15(20)14-13(17)9-5-1-3-7-11(9)23-14/h1-8,19H,(H,18,20). The molecule has 0 atom stereocenters. The number of sulfonamides is 1. The van der Waals surface area contributed by atoms with Crippen molar-refractivity contribution in [2.45, 2.75) is 4.90 Å². The second-order valence-corrected chi connectivity index (χ2v) is 8.22. The predicted molar refractivity (Wildman–Crippen MR) is 96.1 cm³/mol. The monoisotopic (exact) mass is 400 g/mol. The summed E-state index contributed by atoms with van der Waals surface area (Å²) in [7, 11) is -3.99. The van der Waals surface area contributed by atoms with Crippen LogP contribution in [-0.4, -0.2) is 14.3 Å². The molecular weight excluding hydrogens is 391 g/mol. The van der Waals surface area contributed by atoms with Crippen molar-refractivity contribution >= 4 is 60.6 Å². The third-order valence-corrected chi connectivity index (χ3v) is 6.59. The molecule has 124 valence electrons. The van der Waals surface area contributed by atoms with Crippen LogP contribution >= 0.6 is 34.5 Å². The summed E-state index contributed by atoms with van der Waals surface area (Å²) in [5.41, 5.74) is 2.16. The number of carbonyl (C=O) groups excluding carboxylic acids is 1. The van der Waals surface area contributed by atoms with Gasteiger partial charge in [0, 0.05) is 10.1 Å². The number of halogens is 2. The Balaban J connectivity index is 1.82. The molecule has 3 rings (SSSR count). The first-order valence-electron chi connectivity index (χ1n) is 6.64. The van der Waals surface area contributed by atoms with E-state index in [0.717, 1.165) is 10.1 Å². The second-order valence-electron chi connectivity index (χ2n) is 4.73. The first-order valence-corrected chi connectivity index (χ1v) is 9.69. The number of hydrogen-bond acceptors (Lipinski definition) is 4. The molecule has 0 spiro atoms. The minimum atomic E-state index is -3.99. The molecule has 5 nitrogen and oxygen atoms in total. The average Bonchev–Trinajstić information content (AvgIpc) is 2.90. The smallest absolute Gasteiger partial charge is 0.273 e. The second kappa shape index (κ2) is 6.70. The maximum absolute atomic E-state index is 12.3. The zero-order valence-electron chi connectivity index (χ0n) is 11.9. The van der Waals surface area contributed by atoms with E-state index in [2.05, 4.69) is 5.43 Å². The minimum Gasteiger partial charge on any atom is -0.273 e. The molecule has 1 amide bonds. The van der Waals surface area contributed by atoms with Gasteiger partial charge in [0.15, 0.2) is 0 Å². The molecular formula is C15H10Cl2N2O3S2. The average molecular weight is 401 g/mol. The molecule has 1 heterocycles. The molecule has 9 heteroatoms. The van der Waals surface area contributed by atoms with Crippen molar-refractivity contribution in [2.24, 2.45) is 0 Å². The van der Waals surface area contributed by atoms with E-state index in [0.29, 0.717) is 0 Å². The summed E-state index contributed by atoms with van der Waals surface area (Å²) >= 11 is 13.2. The predicted octanol–water partition coefficient (Wildman–Crippen LogP) is 3.83. The van der Waals surface area contributed by atoms with Crippen molar-refractivity contribution in [3.63, 3.8) is 0 Å². The Kier molecular flexibility index (Phi) is 4.80. The van der Waals surface area contributed by atoms with Gasteiger partial charge < -0.3 is 0 Å². The van der Waals surface area contributed by atoms with Gasteiger partial charge in [0.1, 0.15) is 9.77 Å². The Morgan fingerprint density at radius 3 is 2.38 bits per heavy atom. The van der Waals surface area contributed by atoms with E-state index in [1.165, 1.54) is 29.5 Å². The fourth-order valence-corrected chi connectivity index (χ4v) is 4.82. The summed E-state index contributed by atoms with van der Waals surface area (Å²) in [6.07, 6.45) is 0. The first-order chi connectivity index (χ1) is 11.4. The third-order valence-electron chi connectivity index (χ3n) is 3.17. The number of hydrogen-bond donors (Lipinski definition) is 2. The number of hydrazine groups is 1. The molecule has 1 aromatic heterocycles. The molecule has 0 bridgehead atoms. The van der Waals surface area contributed by atoms with Crippen molar-refractivity contribution in [2.75, 3.05) is 0 Å². The molecule has 0 unspecified atom stereocenters. The quantitative estimate of drug-likeness (QED) is 0.653. The van der Waals surface area contributed by atoms with Crippen LogP contribution in [0.4, 0.5) is 0 Å². The number of benzene rings is 2. The summed E-state index contributed by atoms with van der Waals surface area (Å²) in [5, 5.41) is 1.08. The Bertz CT molecular complexity index is 1030. The van der Waals surface area contributed by atoms with Crippen LogP contribution in [0.5, 0.6) is 0 Å². The Labute approximate surface area is 152 Å². The zero-order valence-corrected chi connectivity index (χ0v) is 15.1. The topological polar surface area (TPSA) is 75.3 Å². The molecule has 3 aromatic rings. The number of thiophene rings is 1. The van der Waals surface area contributed by atoms with Gasteiger partial charge in [-0.1, -0.05) is 53.5 Å². The summed E-state index contributed by atoms with van der Waals surface area (Å²) in [5.74, 6) is -0.642. The number of carbonyl (C=O) groups is 1. The Morgan fingerprint density at radius 1 is 1.00 bits per heavy atom. The van der Waals surface area contributed by atoms with E-state index in [-0.39, 0.29) is 19.8 Å². The highest BCUT2D eigenvalue weighted by molar-refractivity contribution is 7.89. The Hall–Kier alpha value is -1.64. The van der Waals surface area contributed by atoms with Crippen LogP contribution in [-0.2, 0) is 10.0 Å². The van der Waals surface area contributed by atoms with Gasteiger partial charge in [-0.15, -0.1) is 16.2 Å². The van der Waals surface area contributed by atoms with Crippen molar-refractivity contribution in [3.8, 4) is 0 Å². The highest BCUT2D eigenvalue weighted by Crippen LogP contribution is 2.34. The van der Waals surface area contributed by atoms with Crippen molar-refractivity contribution in [3.05, 3.63) is 63.5 Å². The van der Waals surface area contributed by atoms with Crippen LogP contribution in [0.15, 0.2) is 53.4 Å². The zero-order chi connectivity index (χ0) is 17.3. The van der Waals surface area contributed by atoms with Crippen LogP contribution in [0.25, 0.3) is 10.1 Å². The maximum atomic E-state index is 12.3. The number of rotatable bonds is 4. The van der Waals surface area contributed by atoms with E-state index < -0.39 is 15.9 Å². The van der Waals surface area contributed by atoms with Gasteiger partial charge in [-0.05, 0) is 18.2 Å². The van der Waals surface area contributed by atoms with Gasteiger partial charge >= 0.3 is 0 Å². The molecule has 0 saturated heterocycles. The van der Waals surface area contributed by atoms with E-state index in [1.807, 2.05) is 23.0 Å². The highest BCUT2D eigenvalue weighted by Gasteiger charge is 2.21. The van der Waals surface area contributed by atoms with Gasteiger partial charge in [0.2, 0.25) is 0 Å². The fourth-order valence-electron chi connectivity index (χ4n) is 2.05. The van der Waals surface area contributed by atoms with Gasteiger partial charge in [0.05, 0.1) is 10.0 Å². The lowest BCUT2D eigenvalue weighted by molar-refractivity contribution is 0.0949. The highest BCUT2D eigenvalue weighted by atomic mass is 35.5. The first kappa shape index (κ1) is 17.2. The van der Waals surface area contributed by atoms with Crippen LogP contribution in [0.3, 0.4) is 0 Å². The van der Waals surface area contributed by atoms with Crippen LogP contribution in [0, 0.1) is 0 Å². The molecule has 2 aromatic carbocycles. The van der Waals surface area contributed by atoms with Crippen LogP contribution in [0.1, 0.15) is 9.67 Å². The van der Waals surface area contributed by atoms with Gasteiger partial charge in [0.25, 0.3) is 15.9 Å². The molecule has 0 saturated carbocycles. The SMILES string of the molecule is O=C(NNS(=O)(=O)c1ccccc1Cl)c1sc2ccccc2c1Cl. The largest absolute Gasteiger partial charge is 0.277 e. The number of nitrogens with one attached hydrogen (secondary N) is 2. The minimum absolute atomic E-state index is 0.0548. The molecule has 24 heavy (non-hydrogen) atoms. The van der Waals surface area contributed by atoms with Gasteiger partial charge in [-0.25, -0.2) is 8.42 Å². The summed E-state index contributed by atoms with van der Waals surface area (Å²) < 4.78 is 25.2. The maximum Gasteiger partial charge on any atom is 0.277 e. The molecule has 0 aliphatic carbocycles. The van der Waals surface area contributed by atoms with Crippen molar-refractivity contribution < 1.29 is 13.2 Å². The fraction of sp³-hybridized carbons (Fsp3) is 0. The van der Waals surface area contributed by atoms with Crippen molar-refractivity contribution in [1.82, 2.24) is 10.3 Å². The number of fused-ring (bicyclic) bond motifs is 1. The number of amides is 1. The molecule has 0 aliphatic rings. The molecule has 2 N–H and O–H groups in total. The van der Waals surface area contributed by atoms with Crippen molar-refractivity contribution in [1.29, 1.82) is 0 Å². The van der Waals surface area contributed by atoms with E-state index in [4.69, 9.17) is 23.2 Å². The molecule has 0 radical (unpaired) electrons. The summed E-state index contributed by atoms with van der Waals surface area (Å²) in [6.45, 7) is 0.